The van der Waals surface area contributed by atoms with Crippen LogP contribution in [0.1, 0.15) is 32.8 Å². The largest absolute Gasteiger partial charge is 0.321 e. The van der Waals surface area contributed by atoms with Crippen molar-refractivity contribution in [3.63, 3.8) is 0 Å². The second-order valence-corrected chi connectivity index (χ2v) is 8.52. The molecule has 1 aliphatic carbocycles. The number of H-pyrrole nitrogens is 1. The Morgan fingerprint density at radius 3 is 2.83 bits per heavy atom. The van der Waals surface area contributed by atoms with E-state index < -0.39 is 11.5 Å². The van der Waals surface area contributed by atoms with E-state index in [0.29, 0.717) is 10.6 Å². The minimum Gasteiger partial charge on any atom is -0.321 e. The first-order chi connectivity index (χ1) is 14.1. The Bertz CT molecular complexity index is 1320. The van der Waals surface area contributed by atoms with Gasteiger partial charge in [-0.3, -0.25) is 14.9 Å². The van der Waals surface area contributed by atoms with Crippen LogP contribution < -0.4 is 10.9 Å². The van der Waals surface area contributed by atoms with E-state index in [-0.39, 0.29) is 5.56 Å². The number of anilines is 1. The molecule has 0 atom stereocenters. The van der Waals surface area contributed by atoms with Gasteiger partial charge in [-0.2, -0.15) is 0 Å². The lowest BCUT2D eigenvalue weighted by molar-refractivity contribution is 0.102. The Labute approximate surface area is 171 Å². The van der Waals surface area contributed by atoms with E-state index >= 15 is 0 Å². The number of carbonyl (C=O) groups is 1. The van der Waals surface area contributed by atoms with Crippen LogP contribution in [0.4, 0.5) is 5.13 Å². The number of carbonyl (C=O) groups excluding carboxylic acids is 1. The number of fused-ring (bicyclic) bond motifs is 2. The molecule has 5 rings (SSSR count). The zero-order valence-electron chi connectivity index (χ0n) is 15.9. The number of para-hydroxylation sites is 1. The summed E-state index contributed by atoms with van der Waals surface area (Å²) in [6.45, 7) is 2.00. The van der Waals surface area contributed by atoms with Crippen LogP contribution in [0, 0.1) is 6.92 Å². The maximum atomic E-state index is 12.7. The topological polar surface area (TPSA) is 74.8 Å². The Hall–Kier alpha value is -3.25. The highest BCUT2D eigenvalue weighted by Gasteiger charge is 2.18. The van der Waals surface area contributed by atoms with Gasteiger partial charge in [-0.1, -0.05) is 30.3 Å². The summed E-state index contributed by atoms with van der Waals surface area (Å²) < 4.78 is 0. The summed E-state index contributed by atoms with van der Waals surface area (Å²) >= 11 is 1.42. The number of nitrogens with one attached hydrogen (secondary N) is 2. The van der Waals surface area contributed by atoms with Crippen LogP contribution in [-0.4, -0.2) is 15.9 Å². The number of aromatic nitrogens is 2. The van der Waals surface area contributed by atoms with Gasteiger partial charge in [-0.25, -0.2) is 4.98 Å². The smallest absolute Gasteiger partial charge is 0.263 e. The van der Waals surface area contributed by atoms with Crippen molar-refractivity contribution in [1.29, 1.82) is 0 Å². The third-order valence-corrected chi connectivity index (χ3v) is 6.27. The van der Waals surface area contributed by atoms with Crippen molar-refractivity contribution in [1.82, 2.24) is 9.97 Å². The molecular weight excluding hydrogens is 382 g/mol. The minimum absolute atomic E-state index is 0.0793. The van der Waals surface area contributed by atoms with Crippen molar-refractivity contribution in [3.8, 4) is 11.3 Å². The van der Waals surface area contributed by atoms with E-state index in [9.17, 15) is 9.59 Å². The maximum Gasteiger partial charge on any atom is 0.263 e. The van der Waals surface area contributed by atoms with E-state index in [2.05, 4.69) is 33.5 Å². The van der Waals surface area contributed by atoms with Crippen molar-refractivity contribution < 1.29 is 4.79 Å². The van der Waals surface area contributed by atoms with E-state index in [0.717, 1.165) is 34.4 Å². The molecule has 2 aromatic heterocycles. The van der Waals surface area contributed by atoms with Crippen molar-refractivity contribution in [2.75, 3.05) is 5.32 Å². The number of benzene rings is 2. The van der Waals surface area contributed by atoms with Gasteiger partial charge in [0.2, 0.25) is 0 Å². The summed E-state index contributed by atoms with van der Waals surface area (Å²) in [6.07, 6.45) is 3.46. The summed E-state index contributed by atoms with van der Waals surface area (Å²) in [5, 5.41) is 4.10. The number of amides is 1. The molecule has 1 amide bonds. The van der Waals surface area contributed by atoms with E-state index in [1.54, 1.807) is 6.07 Å². The molecule has 1 aliphatic rings. The molecule has 0 spiro atoms. The Kier molecular flexibility index (Phi) is 4.28. The first-order valence-electron chi connectivity index (χ1n) is 9.61. The summed E-state index contributed by atoms with van der Waals surface area (Å²) in [5.41, 5.74) is 5.15. The van der Waals surface area contributed by atoms with Crippen LogP contribution >= 0.6 is 11.3 Å². The van der Waals surface area contributed by atoms with Crippen LogP contribution in [0.2, 0.25) is 0 Å². The SMILES string of the molecule is Cc1sc(NC(=O)c2cc3ccccc3[nH]c2=O)nc1-c1ccc2c(c1)CCC2. The second-order valence-electron chi connectivity index (χ2n) is 7.31. The quantitative estimate of drug-likeness (QED) is 0.522. The predicted molar refractivity (Wildman–Crippen MR) is 117 cm³/mol. The molecule has 0 saturated carbocycles. The van der Waals surface area contributed by atoms with Crippen LogP contribution in [-0.2, 0) is 12.8 Å². The van der Waals surface area contributed by atoms with Gasteiger partial charge in [-0.15, -0.1) is 11.3 Å². The van der Waals surface area contributed by atoms with Gasteiger partial charge in [0.15, 0.2) is 5.13 Å². The fourth-order valence-corrected chi connectivity index (χ4v) is 4.75. The number of nitrogens with zero attached hydrogens (tertiary/aromatic N) is 1. The third kappa shape index (κ3) is 3.25. The highest BCUT2D eigenvalue weighted by Crippen LogP contribution is 2.33. The van der Waals surface area contributed by atoms with Gasteiger partial charge in [-0.05, 0) is 60.9 Å². The Morgan fingerprint density at radius 1 is 1.10 bits per heavy atom. The minimum atomic E-state index is -0.453. The molecule has 6 heteroatoms. The number of rotatable bonds is 3. The zero-order chi connectivity index (χ0) is 20.0. The van der Waals surface area contributed by atoms with Gasteiger partial charge in [0, 0.05) is 16.0 Å². The normalized spacial score (nSPS) is 12.9. The standard InChI is InChI=1S/C23H19N3O2S/c1-13-20(17-10-9-14-6-4-7-15(14)11-17)25-23(29-13)26-22(28)18-12-16-5-2-3-8-19(16)24-21(18)27/h2-3,5,8-12H,4,6-7H2,1H3,(H,24,27)(H,25,26,28). The first-order valence-corrected chi connectivity index (χ1v) is 10.4. The molecule has 0 bridgehead atoms. The molecule has 29 heavy (non-hydrogen) atoms. The van der Waals surface area contributed by atoms with Gasteiger partial charge in [0.1, 0.15) is 5.56 Å². The van der Waals surface area contributed by atoms with Crippen LogP contribution in [0.5, 0.6) is 0 Å². The number of aromatic amines is 1. The molecule has 2 N–H and O–H groups in total. The Morgan fingerprint density at radius 2 is 1.93 bits per heavy atom. The average Bonchev–Trinajstić information content (AvgIpc) is 3.32. The molecule has 144 valence electrons. The van der Waals surface area contributed by atoms with Gasteiger partial charge in [0.25, 0.3) is 11.5 Å². The average molecular weight is 401 g/mol. The number of aryl methyl sites for hydroxylation is 3. The lowest BCUT2D eigenvalue weighted by Crippen LogP contribution is -2.22. The molecule has 5 nitrogen and oxygen atoms in total. The van der Waals surface area contributed by atoms with Crippen molar-refractivity contribution >= 4 is 33.3 Å². The van der Waals surface area contributed by atoms with Crippen LogP contribution in [0.3, 0.4) is 0 Å². The highest BCUT2D eigenvalue weighted by atomic mass is 32.1. The van der Waals surface area contributed by atoms with Gasteiger partial charge >= 0.3 is 0 Å². The van der Waals surface area contributed by atoms with Gasteiger partial charge < -0.3 is 4.98 Å². The van der Waals surface area contributed by atoms with Crippen LogP contribution in [0.15, 0.2) is 53.3 Å². The summed E-state index contributed by atoms with van der Waals surface area (Å²) in [7, 11) is 0. The fourth-order valence-electron chi connectivity index (χ4n) is 3.92. The molecule has 2 heterocycles. The third-order valence-electron chi connectivity index (χ3n) is 5.39. The highest BCUT2D eigenvalue weighted by molar-refractivity contribution is 7.16. The molecule has 4 aromatic rings. The Balaban J connectivity index is 1.44. The molecule has 2 aromatic carbocycles. The monoisotopic (exact) mass is 401 g/mol. The van der Waals surface area contributed by atoms with E-state index in [1.807, 2.05) is 31.2 Å². The molecule has 0 unspecified atom stereocenters. The molecule has 0 fully saturated rings. The second kappa shape index (κ2) is 6.97. The predicted octanol–water partition coefficient (Wildman–Crippen LogP) is 4.70. The van der Waals surface area contributed by atoms with Crippen LogP contribution in [0.25, 0.3) is 22.2 Å². The number of thiazole rings is 1. The lowest BCUT2D eigenvalue weighted by atomic mass is 10.0. The fraction of sp³-hybridized carbons (Fsp3) is 0.174. The van der Waals surface area contributed by atoms with Crippen molar-refractivity contribution in [2.45, 2.75) is 26.2 Å². The maximum absolute atomic E-state index is 12.7. The lowest BCUT2D eigenvalue weighted by Gasteiger charge is -2.04. The summed E-state index contributed by atoms with van der Waals surface area (Å²) in [4.78, 5) is 33.5. The number of hydrogen-bond donors (Lipinski definition) is 2. The van der Waals surface area contributed by atoms with E-state index in [4.69, 9.17) is 0 Å². The number of hydrogen-bond acceptors (Lipinski definition) is 4. The van der Waals surface area contributed by atoms with Crippen molar-refractivity contribution in [3.05, 3.63) is 80.5 Å². The summed E-state index contributed by atoms with van der Waals surface area (Å²) in [6, 6.07) is 15.5. The zero-order valence-corrected chi connectivity index (χ0v) is 16.7. The molecular formula is C23H19N3O2S. The molecule has 0 saturated heterocycles. The van der Waals surface area contributed by atoms with Gasteiger partial charge in [0.05, 0.1) is 5.69 Å². The van der Waals surface area contributed by atoms with E-state index in [1.165, 1.54) is 28.9 Å². The molecule has 0 radical (unpaired) electrons. The van der Waals surface area contributed by atoms with Crippen molar-refractivity contribution in [2.24, 2.45) is 0 Å². The first kappa shape index (κ1) is 17.8. The molecule has 0 aliphatic heterocycles. The summed E-state index contributed by atoms with van der Waals surface area (Å²) in [5.74, 6) is -0.453. The number of pyridine rings is 1.